The van der Waals surface area contributed by atoms with E-state index in [0.717, 1.165) is 22.5 Å². The predicted octanol–water partition coefficient (Wildman–Crippen LogP) is 5.04. The lowest BCUT2D eigenvalue weighted by atomic mass is 9.98. The third-order valence-corrected chi connectivity index (χ3v) is 6.91. The Kier molecular flexibility index (Phi) is 6.21. The fourth-order valence-electron chi connectivity index (χ4n) is 2.44. The number of thiophene rings is 1. The Morgan fingerprint density at radius 2 is 1.93 bits per heavy atom. The monoisotopic (exact) mass is 405 g/mol. The summed E-state index contributed by atoms with van der Waals surface area (Å²) < 4.78 is 18.8. The van der Waals surface area contributed by atoms with Crippen LogP contribution in [0.4, 0.5) is 5.69 Å². The molecule has 144 valence electrons. The van der Waals surface area contributed by atoms with Crippen LogP contribution in [-0.2, 0) is 9.09 Å². The van der Waals surface area contributed by atoms with Crippen molar-refractivity contribution in [2.24, 2.45) is 5.41 Å². The molecule has 2 rings (SSSR count). The number of carbonyl (C=O) groups is 1. The third-order valence-electron chi connectivity index (χ3n) is 3.68. The van der Waals surface area contributed by atoms with Gasteiger partial charge in [-0.1, -0.05) is 29.5 Å². The van der Waals surface area contributed by atoms with Gasteiger partial charge < -0.3 is 14.7 Å². The van der Waals surface area contributed by atoms with E-state index in [2.05, 4.69) is 16.9 Å². The fraction of sp³-hybridized carbons (Fsp3) is 0.350. The van der Waals surface area contributed by atoms with Gasteiger partial charge in [0.2, 0.25) is 0 Å². The predicted molar refractivity (Wildman–Crippen MR) is 111 cm³/mol. The second-order valence-corrected chi connectivity index (χ2v) is 10.5. The molecule has 2 aromatic rings. The van der Waals surface area contributed by atoms with Crippen LogP contribution in [0.5, 0.6) is 0 Å². The molecule has 0 radical (unpaired) electrons. The van der Waals surface area contributed by atoms with Gasteiger partial charge in [-0.25, -0.2) is 4.79 Å². The molecule has 2 N–H and O–H groups in total. The number of aryl methyl sites for hydroxylation is 2. The van der Waals surface area contributed by atoms with E-state index in [1.165, 1.54) is 7.11 Å². The average Bonchev–Trinajstić information content (AvgIpc) is 2.95. The minimum atomic E-state index is -3.49. The van der Waals surface area contributed by atoms with Crippen molar-refractivity contribution < 1.29 is 19.0 Å². The molecule has 27 heavy (non-hydrogen) atoms. The maximum Gasteiger partial charge on any atom is 0.348 e. The van der Waals surface area contributed by atoms with E-state index in [1.54, 1.807) is 12.1 Å². The largest absolute Gasteiger partial charge is 0.477 e. The Hall–Kier alpha value is -2.06. The normalized spacial score (nSPS) is 13.4. The number of hydrogen-bond donors (Lipinski definition) is 2. The fourth-order valence-corrected chi connectivity index (χ4v) is 5.03. The van der Waals surface area contributed by atoms with Gasteiger partial charge in [-0.15, -0.1) is 11.3 Å². The maximum absolute atomic E-state index is 13.4. The molecule has 5 nitrogen and oxygen atoms in total. The molecule has 0 saturated carbocycles. The summed E-state index contributed by atoms with van der Waals surface area (Å²) in [5, 5.41) is 12.9. The van der Waals surface area contributed by atoms with E-state index < -0.39 is 13.5 Å². The summed E-state index contributed by atoms with van der Waals surface area (Å²) in [5.74, 6) is 4.98. The van der Waals surface area contributed by atoms with Crippen LogP contribution in [0, 0.1) is 31.1 Å². The number of rotatable bonds is 5. The van der Waals surface area contributed by atoms with Gasteiger partial charge in [-0.05, 0) is 52.3 Å². The van der Waals surface area contributed by atoms with Crippen LogP contribution in [0.25, 0.3) is 0 Å². The van der Waals surface area contributed by atoms with Crippen molar-refractivity contribution in [3.05, 3.63) is 45.1 Å². The Labute approximate surface area is 164 Å². The van der Waals surface area contributed by atoms with E-state index in [4.69, 9.17) is 4.52 Å². The maximum atomic E-state index is 13.4. The molecule has 0 fully saturated rings. The van der Waals surface area contributed by atoms with Crippen molar-refractivity contribution in [3.63, 3.8) is 0 Å². The second kappa shape index (κ2) is 7.90. The highest BCUT2D eigenvalue weighted by Crippen LogP contribution is 2.47. The summed E-state index contributed by atoms with van der Waals surface area (Å²) in [5.41, 5.74) is 1.89. The van der Waals surface area contributed by atoms with Crippen LogP contribution in [-0.4, -0.2) is 18.2 Å². The molecule has 0 saturated heterocycles. The van der Waals surface area contributed by atoms with Crippen molar-refractivity contribution in [2.75, 3.05) is 12.2 Å². The van der Waals surface area contributed by atoms with Gasteiger partial charge >= 0.3 is 13.5 Å². The molecule has 0 aliphatic heterocycles. The number of anilines is 1. The van der Waals surface area contributed by atoms with E-state index >= 15 is 0 Å². The number of carboxylic acids is 1. The van der Waals surface area contributed by atoms with E-state index in [-0.39, 0.29) is 16.0 Å². The molecule has 0 spiro atoms. The highest BCUT2D eigenvalue weighted by molar-refractivity contribution is 7.68. The summed E-state index contributed by atoms with van der Waals surface area (Å²) in [6.07, 6.45) is 0. The minimum absolute atomic E-state index is 0.0512. The lowest BCUT2D eigenvalue weighted by Gasteiger charge is -2.20. The Morgan fingerprint density at radius 1 is 1.26 bits per heavy atom. The summed E-state index contributed by atoms with van der Waals surface area (Å²) >= 11 is 1.05. The molecule has 1 aromatic heterocycles. The summed E-state index contributed by atoms with van der Waals surface area (Å²) in [6.45, 7) is 9.73. The smallest absolute Gasteiger partial charge is 0.348 e. The molecule has 0 amide bonds. The van der Waals surface area contributed by atoms with Gasteiger partial charge in [0.25, 0.3) is 0 Å². The number of nitrogens with one attached hydrogen (secondary N) is 1. The van der Waals surface area contributed by atoms with Crippen LogP contribution >= 0.6 is 18.9 Å². The first-order valence-corrected chi connectivity index (χ1v) is 10.8. The number of benzene rings is 1. The molecule has 1 unspecified atom stereocenters. The zero-order valence-corrected chi connectivity index (χ0v) is 18.0. The zero-order chi connectivity index (χ0) is 20.4. The Morgan fingerprint density at radius 3 is 2.44 bits per heavy atom. The zero-order valence-electron chi connectivity index (χ0n) is 16.3. The lowest BCUT2D eigenvalue weighted by Crippen LogP contribution is -2.17. The summed E-state index contributed by atoms with van der Waals surface area (Å²) in [7, 11) is -2.14. The molecular weight excluding hydrogens is 381 g/mol. The van der Waals surface area contributed by atoms with Crippen LogP contribution in [0.2, 0.25) is 0 Å². The first-order chi connectivity index (χ1) is 12.4. The summed E-state index contributed by atoms with van der Waals surface area (Å²) in [4.78, 5) is 12.3. The molecule has 1 atom stereocenters. The van der Waals surface area contributed by atoms with Gasteiger partial charge in [-0.2, -0.15) is 0 Å². The highest BCUT2D eigenvalue weighted by atomic mass is 32.1. The van der Waals surface area contributed by atoms with Crippen LogP contribution < -0.4 is 10.4 Å². The Bertz CT molecular complexity index is 976. The van der Waals surface area contributed by atoms with Gasteiger partial charge in [0.05, 0.1) is 15.9 Å². The Balaban J connectivity index is 2.49. The van der Waals surface area contributed by atoms with Crippen LogP contribution in [0.1, 0.15) is 46.4 Å². The van der Waals surface area contributed by atoms with Gasteiger partial charge in [-0.3, -0.25) is 4.57 Å². The molecule has 7 heteroatoms. The third kappa shape index (κ3) is 5.23. The average molecular weight is 405 g/mol. The van der Waals surface area contributed by atoms with Gasteiger partial charge in [0.1, 0.15) is 4.88 Å². The first kappa shape index (κ1) is 21.2. The quantitative estimate of drug-likeness (QED) is 0.539. The highest BCUT2D eigenvalue weighted by Gasteiger charge is 2.29. The number of hydrogen-bond acceptors (Lipinski definition) is 4. The molecule has 1 heterocycles. The molecular formula is C20H24NO4PS. The lowest BCUT2D eigenvalue weighted by molar-refractivity contribution is 0.0703. The SMILES string of the molecule is COP(=O)(Nc1cc(C#CC(C)(C)C)sc1C(=O)O)c1ccc(C)cc1C. The van der Waals surface area contributed by atoms with E-state index in [0.29, 0.717) is 10.2 Å². The molecule has 0 bridgehead atoms. The topological polar surface area (TPSA) is 75.6 Å². The molecule has 0 aliphatic rings. The van der Waals surface area contributed by atoms with Crippen molar-refractivity contribution in [2.45, 2.75) is 34.6 Å². The number of carboxylic acid groups (broad SMARTS) is 1. The van der Waals surface area contributed by atoms with Crippen molar-refractivity contribution in [1.82, 2.24) is 0 Å². The van der Waals surface area contributed by atoms with Crippen molar-refractivity contribution in [3.8, 4) is 11.8 Å². The summed E-state index contributed by atoms with van der Waals surface area (Å²) in [6, 6.07) is 7.12. The van der Waals surface area contributed by atoms with Crippen molar-refractivity contribution in [1.29, 1.82) is 0 Å². The van der Waals surface area contributed by atoms with Crippen molar-refractivity contribution >= 4 is 35.8 Å². The van der Waals surface area contributed by atoms with Crippen LogP contribution in [0.15, 0.2) is 24.3 Å². The van der Waals surface area contributed by atoms with Gasteiger partial charge in [0, 0.05) is 12.5 Å². The van der Waals surface area contributed by atoms with Gasteiger partial charge in [0.15, 0.2) is 0 Å². The molecule has 0 aliphatic carbocycles. The first-order valence-electron chi connectivity index (χ1n) is 8.37. The van der Waals surface area contributed by atoms with Crippen LogP contribution in [0.3, 0.4) is 0 Å². The molecule has 1 aromatic carbocycles. The minimum Gasteiger partial charge on any atom is -0.477 e. The van der Waals surface area contributed by atoms with E-state index in [1.807, 2.05) is 46.8 Å². The standard InChI is InChI=1S/C20H24NO4PS/c1-13-7-8-17(14(2)11-13)26(24,25-6)21-16-12-15(9-10-20(3,4)5)27-18(16)19(22)23/h7-8,11-12H,1-6H3,(H,21,24)(H,22,23). The number of aromatic carboxylic acids is 1. The van der Waals surface area contributed by atoms with E-state index in [9.17, 15) is 14.5 Å². The second-order valence-electron chi connectivity index (χ2n) is 7.29.